The van der Waals surface area contributed by atoms with Gasteiger partial charge < -0.3 is 40.3 Å². The Kier molecular flexibility index (Phi) is 15.3. The van der Waals surface area contributed by atoms with E-state index in [0.29, 0.717) is 30.9 Å². The lowest BCUT2D eigenvalue weighted by atomic mass is 9.83. The number of β-amino-alcohol motifs (C(OH)–C–C–N with tert-alkyl or cyclic N) is 1. The van der Waals surface area contributed by atoms with Gasteiger partial charge in [0.25, 0.3) is 0 Å². The number of aromatic nitrogens is 1. The average Bonchev–Trinajstić information content (AvgIpc) is 4.15. The molecule has 15 nitrogen and oxygen atoms in total. The number of aromatic hydroxyl groups is 2. The first-order chi connectivity index (χ1) is 33.8. The van der Waals surface area contributed by atoms with Crippen LogP contribution < -0.4 is 19.7 Å². The van der Waals surface area contributed by atoms with E-state index in [4.69, 9.17) is 9.47 Å². The van der Waals surface area contributed by atoms with Crippen molar-refractivity contribution in [1.29, 1.82) is 0 Å². The number of nitrogens with one attached hydrogen (secondary N) is 2. The highest BCUT2D eigenvalue weighted by molar-refractivity contribution is 7.93. The molecule has 2 bridgehead atoms. The number of fused-ring (bicyclic) bond motifs is 2. The number of carbonyl (C=O) groups excluding carboxylic acids is 3. The highest BCUT2D eigenvalue weighted by Crippen LogP contribution is 2.51. The lowest BCUT2D eigenvalue weighted by Crippen LogP contribution is -2.57. The molecule has 0 radical (unpaired) electrons. The molecule has 0 spiro atoms. The summed E-state index contributed by atoms with van der Waals surface area (Å²) in [6, 6.07) is 25.9. The molecule has 5 aromatic rings. The number of rotatable bonds is 18. The monoisotopic (exact) mass is 1010 g/mol. The Morgan fingerprint density at radius 2 is 1.49 bits per heavy atom. The smallest absolute Gasteiger partial charge is 0.246 e. The fraction of sp³-hybridized carbons (Fsp3) is 0.407. The van der Waals surface area contributed by atoms with E-state index in [1.807, 2.05) is 64.4 Å². The van der Waals surface area contributed by atoms with E-state index in [9.17, 15) is 38.1 Å². The zero-order valence-corrected chi connectivity index (χ0v) is 42.5. The zero-order valence-electron chi connectivity index (χ0n) is 40.9. The molecule has 0 aliphatic carbocycles. The van der Waals surface area contributed by atoms with Gasteiger partial charge in [0.15, 0.2) is 0 Å². The highest BCUT2D eigenvalue weighted by atomic mass is 32.2. The van der Waals surface area contributed by atoms with Crippen molar-refractivity contribution < 1.29 is 47.6 Å². The number of phenolic OH excluding ortho intramolecular Hbond substituents is 2. The van der Waals surface area contributed by atoms with E-state index in [-0.39, 0.29) is 61.7 Å². The van der Waals surface area contributed by atoms with Crippen LogP contribution in [0, 0.1) is 12.3 Å². The number of hydrogen-bond acceptors (Lipinski definition) is 12. The van der Waals surface area contributed by atoms with Crippen molar-refractivity contribution in [3.63, 3.8) is 0 Å². The molecule has 4 heterocycles. The van der Waals surface area contributed by atoms with Gasteiger partial charge in [-0.05, 0) is 127 Å². The van der Waals surface area contributed by atoms with Crippen molar-refractivity contribution in [1.82, 2.24) is 20.5 Å². The molecule has 3 aliphatic heterocycles. The van der Waals surface area contributed by atoms with E-state index in [1.165, 1.54) is 9.21 Å². The number of aliphatic hydroxyl groups is 1. The summed E-state index contributed by atoms with van der Waals surface area (Å²) < 4.78 is 42.8. The minimum absolute atomic E-state index is 0.0259. The first-order valence-corrected chi connectivity index (χ1v) is 26.5. The zero-order chi connectivity index (χ0) is 50.8. The number of likely N-dealkylation sites (tertiary alicyclic amines) is 1. The molecule has 7 atom stereocenters. The quantitative estimate of drug-likeness (QED) is 0.0536. The number of hydrogen-bond donors (Lipinski definition) is 5. The third-order valence-electron chi connectivity index (χ3n) is 13.6. The number of aryl methyl sites for hydroxylation is 1. The summed E-state index contributed by atoms with van der Waals surface area (Å²) in [5.41, 5.74) is 7.65. The summed E-state index contributed by atoms with van der Waals surface area (Å²) in [5, 5.41) is 35.7. The number of carbonyl (C=O) groups is 3. The van der Waals surface area contributed by atoms with Gasteiger partial charge in [0.05, 0.1) is 46.6 Å². The Bertz CT molecular complexity index is 2850. The summed E-state index contributed by atoms with van der Waals surface area (Å²) in [5.74, 6) is -0.387. The standard InChI is InChI=1S/C54H63N5O10S2/c1-7-59(71(66,67)45-29-44-47(35-15-21-39(60)22-16-35)48(49(45)69-44)36-17-23-40(61)24-18-36)38-19-25-42(26-20-38)68-27-9-8-10-46(63)57-51(54(4,5)6)53(65)58-30-41(62)28-43(58)52(64)56-32(2)34-11-13-37(14-12-34)50-33(3)55-31-70-50/h11-26,31-32,41,43-45,49,51,60-62H,7-10,27-30H2,1-6H3,(H,56,64)(H,57,63)/t32-,41+,43-,44?,45?,49?,51+/m0/s1. The maximum atomic E-state index is 14.5. The maximum Gasteiger partial charge on any atom is 0.246 e. The van der Waals surface area contributed by atoms with Gasteiger partial charge in [-0.1, -0.05) is 69.3 Å². The Labute approximate surface area is 419 Å². The van der Waals surface area contributed by atoms with Crippen LogP contribution in [0.1, 0.15) is 95.1 Å². The van der Waals surface area contributed by atoms with Crippen LogP contribution in [0.15, 0.2) is 103 Å². The number of thiazole rings is 1. The van der Waals surface area contributed by atoms with Gasteiger partial charge in [-0.15, -0.1) is 11.3 Å². The summed E-state index contributed by atoms with van der Waals surface area (Å²) in [6.45, 7) is 11.6. The van der Waals surface area contributed by atoms with Crippen LogP contribution in [-0.2, 0) is 29.1 Å². The number of amides is 3. The van der Waals surface area contributed by atoms with Crippen LogP contribution in [-0.4, -0.2) is 107 Å². The molecule has 1 aromatic heterocycles. The van der Waals surface area contributed by atoms with E-state index in [1.54, 1.807) is 91.1 Å². The van der Waals surface area contributed by atoms with Gasteiger partial charge in [-0.3, -0.25) is 18.7 Å². The van der Waals surface area contributed by atoms with E-state index < -0.39 is 57.0 Å². The molecule has 5 N–H and O–H groups in total. The lowest BCUT2D eigenvalue weighted by Gasteiger charge is -2.35. The molecule has 2 saturated heterocycles. The number of sulfonamides is 1. The van der Waals surface area contributed by atoms with Gasteiger partial charge in [0, 0.05) is 25.9 Å². The summed E-state index contributed by atoms with van der Waals surface area (Å²) in [6.07, 6.45) is -0.682. The first-order valence-electron chi connectivity index (χ1n) is 24.2. The van der Waals surface area contributed by atoms with Crippen molar-refractivity contribution in [2.75, 3.05) is 24.0 Å². The number of phenols is 2. The summed E-state index contributed by atoms with van der Waals surface area (Å²) >= 11 is 1.57. The van der Waals surface area contributed by atoms with Gasteiger partial charge in [0.2, 0.25) is 27.7 Å². The molecule has 8 rings (SSSR count). The van der Waals surface area contributed by atoms with Crippen molar-refractivity contribution in [2.45, 2.75) is 115 Å². The molecule has 71 heavy (non-hydrogen) atoms. The topological polar surface area (TPSA) is 208 Å². The molecule has 17 heteroatoms. The highest BCUT2D eigenvalue weighted by Gasteiger charge is 2.54. The van der Waals surface area contributed by atoms with Gasteiger partial charge in [-0.25, -0.2) is 13.4 Å². The molecule has 4 aromatic carbocycles. The Morgan fingerprint density at radius 1 is 0.873 bits per heavy atom. The van der Waals surface area contributed by atoms with Crippen LogP contribution in [0.2, 0.25) is 0 Å². The number of nitrogens with zero attached hydrogens (tertiary/aromatic N) is 3. The van der Waals surface area contributed by atoms with Crippen molar-refractivity contribution in [2.24, 2.45) is 5.41 Å². The second-order valence-corrected chi connectivity index (χ2v) is 22.6. The first kappa shape index (κ1) is 51.1. The number of unbranched alkanes of at least 4 members (excludes halogenated alkanes) is 1. The number of anilines is 1. The molecule has 2 fully saturated rings. The minimum Gasteiger partial charge on any atom is -0.508 e. The third-order valence-corrected chi connectivity index (χ3v) is 16.8. The van der Waals surface area contributed by atoms with Gasteiger partial charge >= 0.3 is 0 Å². The molecule has 3 amide bonds. The second kappa shape index (κ2) is 21.2. The minimum atomic E-state index is -3.95. The molecule has 376 valence electrons. The third kappa shape index (κ3) is 11.1. The van der Waals surface area contributed by atoms with Gasteiger partial charge in [0.1, 0.15) is 40.7 Å². The predicted octanol–water partition coefficient (Wildman–Crippen LogP) is 7.76. The van der Waals surface area contributed by atoms with Crippen molar-refractivity contribution >= 4 is 55.9 Å². The predicted molar refractivity (Wildman–Crippen MR) is 274 cm³/mol. The number of ether oxygens (including phenoxy) is 2. The molecule has 3 unspecified atom stereocenters. The van der Waals surface area contributed by atoms with E-state index in [0.717, 1.165) is 44.0 Å². The summed E-state index contributed by atoms with van der Waals surface area (Å²) in [4.78, 5) is 48.0. The SMILES string of the molecule is CCN(c1ccc(OCCCCC(=O)N[C@H](C(=O)N2C[C@H](O)C[C@H]2C(=O)N[C@@H](C)c2ccc(-c3scnc3C)cc2)C(C)(C)C)cc1)S(=O)(=O)C1CC2OC1C(c1ccc(O)cc1)=C2c1ccc(O)cc1. The second-order valence-electron chi connectivity index (χ2n) is 19.6. The van der Waals surface area contributed by atoms with Crippen molar-refractivity contribution in [3.8, 4) is 27.7 Å². The van der Waals surface area contributed by atoms with Crippen LogP contribution in [0.5, 0.6) is 17.2 Å². The maximum absolute atomic E-state index is 14.5. The fourth-order valence-electron chi connectivity index (χ4n) is 9.85. The fourth-order valence-corrected chi connectivity index (χ4v) is 12.7. The largest absolute Gasteiger partial charge is 0.508 e. The van der Waals surface area contributed by atoms with E-state index >= 15 is 0 Å². The Hall–Kier alpha value is -6.27. The molecular weight excluding hydrogens is 943 g/mol. The van der Waals surface area contributed by atoms with Crippen LogP contribution in [0.25, 0.3) is 21.6 Å². The molecular formula is C54H63N5O10S2. The van der Waals surface area contributed by atoms with E-state index in [2.05, 4.69) is 15.6 Å². The van der Waals surface area contributed by atoms with Gasteiger partial charge in [-0.2, -0.15) is 0 Å². The summed E-state index contributed by atoms with van der Waals surface area (Å²) in [7, 11) is -3.95. The number of aliphatic hydroxyl groups excluding tert-OH is 1. The Morgan fingerprint density at radius 3 is 2.08 bits per heavy atom. The van der Waals surface area contributed by atoms with Crippen LogP contribution in [0.3, 0.4) is 0 Å². The molecule has 0 saturated carbocycles. The normalized spacial score (nSPS) is 20.7. The van der Waals surface area contributed by atoms with Crippen molar-refractivity contribution in [3.05, 3.63) is 125 Å². The van der Waals surface area contributed by atoms with Crippen LogP contribution >= 0.6 is 11.3 Å². The Balaban J connectivity index is 0.831. The molecule has 3 aliphatic rings. The average molecular weight is 1010 g/mol. The number of benzene rings is 4. The van der Waals surface area contributed by atoms with Crippen LogP contribution in [0.4, 0.5) is 5.69 Å². The lowest BCUT2D eigenvalue weighted by molar-refractivity contribution is -0.144.